The molecule has 2 N–H and O–H groups in total. The quantitative estimate of drug-likeness (QED) is 0.677. The number of aliphatic hydroxyl groups is 2. The van der Waals surface area contributed by atoms with Crippen molar-refractivity contribution in [3.63, 3.8) is 0 Å². The van der Waals surface area contributed by atoms with E-state index in [0.29, 0.717) is 24.0 Å². The number of hydrogen-bond donors (Lipinski definition) is 2. The Labute approximate surface area is 132 Å². The summed E-state index contributed by atoms with van der Waals surface area (Å²) >= 11 is 0. The minimum absolute atomic E-state index is 0.121. The highest BCUT2D eigenvalue weighted by molar-refractivity contribution is 5.87. The van der Waals surface area contributed by atoms with Gasteiger partial charge in [0.25, 0.3) is 0 Å². The molecule has 122 valence electrons. The first kappa shape index (κ1) is 14.9. The fourth-order valence-corrected chi connectivity index (χ4v) is 6.40. The van der Waals surface area contributed by atoms with Gasteiger partial charge in [0.1, 0.15) is 5.78 Å². The summed E-state index contributed by atoms with van der Waals surface area (Å²) in [5.41, 5.74) is 1.20. The molecule has 3 saturated carbocycles. The Morgan fingerprint density at radius 2 is 1.73 bits per heavy atom. The zero-order valence-electron chi connectivity index (χ0n) is 13.7. The Hall–Kier alpha value is -0.670. The van der Waals surface area contributed by atoms with Crippen molar-refractivity contribution >= 4 is 5.78 Å². The van der Waals surface area contributed by atoms with Crippen molar-refractivity contribution in [2.75, 3.05) is 0 Å². The first-order chi connectivity index (χ1) is 10.4. The second-order valence-electron chi connectivity index (χ2n) is 8.70. The maximum Gasteiger partial charge on any atom is 0.139 e. The summed E-state index contributed by atoms with van der Waals surface area (Å²) in [6.07, 6.45) is 7.65. The summed E-state index contributed by atoms with van der Waals surface area (Å²) < 4.78 is 0. The van der Waals surface area contributed by atoms with Crippen LogP contribution in [0.3, 0.4) is 0 Å². The summed E-state index contributed by atoms with van der Waals surface area (Å²) in [7, 11) is 0. The Bertz CT molecular complexity index is 539. The zero-order valence-corrected chi connectivity index (χ0v) is 13.7. The Balaban J connectivity index is 1.75. The predicted molar refractivity (Wildman–Crippen MR) is 84.1 cm³/mol. The SMILES string of the molecule is C[C@]12CCC(O)CC1=C[C@@H](O)[C@@H]1[C@@H]2CC[C@]2(C)C(=O)CC[C@@H]12. The molecule has 0 aromatic carbocycles. The van der Waals surface area contributed by atoms with Crippen LogP contribution >= 0.6 is 0 Å². The number of hydrogen-bond acceptors (Lipinski definition) is 3. The van der Waals surface area contributed by atoms with E-state index in [1.54, 1.807) is 0 Å². The van der Waals surface area contributed by atoms with Gasteiger partial charge in [-0.2, -0.15) is 0 Å². The first-order valence-electron chi connectivity index (χ1n) is 8.97. The third-order valence-corrected chi connectivity index (χ3v) is 7.81. The third-order valence-electron chi connectivity index (χ3n) is 7.81. The number of carbonyl (C=O) groups excluding carboxylic acids is 1. The number of aliphatic hydroxyl groups excluding tert-OH is 2. The second-order valence-corrected chi connectivity index (χ2v) is 8.70. The Kier molecular flexibility index (Phi) is 3.16. The molecule has 0 radical (unpaired) electrons. The molecule has 0 heterocycles. The second kappa shape index (κ2) is 4.67. The molecule has 3 fully saturated rings. The van der Waals surface area contributed by atoms with Gasteiger partial charge in [-0.05, 0) is 61.7 Å². The van der Waals surface area contributed by atoms with Gasteiger partial charge in [0.15, 0.2) is 0 Å². The standard InChI is InChI=1S/C19H28O3/c1-18-7-5-12(20)9-11(18)10-15(21)17-13-3-4-16(22)19(13,2)8-6-14(17)18/h10,12-15,17,20-21H,3-9H2,1-2H3/t12?,13-,14-,15+,17-,18-,19-/m0/s1. The smallest absolute Gasteiger partial charge is 0.139 e. The Morgan fingerprint density at radius 1 is 1.05 bits per heavy atom. The van der Waals surface area contributed by atoms with Gasteiger partial charge in [-0.3, -0.25) is 4.79 Å². The van der Waals surface area contributed by atoms with Gasteiger partial charge in [0, 0.05) is 11.8 Å². The van der Waals surface area contributed by atoms with Crippen LogP contribution in [-0.2, 0) is 4.79 Å². The molecule has 3 heteroatoms. The molecule has 0 amide bonds. The van der Waals surface area contributed by atoms with Crippen molar-refractivity contribution in [1.29, 1.82) is 0 Å². The van der Waals surface area contributed by atoms with Crippen molar-refractivity contribution in [1.82, 2.24) is 0 Å². The Morgan fingerprint density at radius 3 is 2.50 bits per heavy atom. The average molecular weight is 304 g/mol. The maximum absolute atomic E-state index is 12.4. The van der Waals surface area contributed by atoms with E-state index in [4.69, 9.17) is 0 Å². The molecule has 0 spiro atoms. The van der Waals surface area contributed by atoms with Gasteiger partial charge in [-0.25, -0.2) is 0 Å². The number of ketones is 1. The predicted octanol–water partition coefficient (Wildman–Crippen LogP) is 2.85. The van der Waals surface area contributed by atoms with Crippen LogP contribution in [0.1, 0.15) is 58.8 Å². The molecule has 0 aliphatic heterocycles. The topological polar surface area (TPSA) is 57.5 Å². The first-order valence-corrected chi connectivity index (χ1v) is 8.97. The van der Waals surface area contributed by atoms with E-state index in [-0.39, 0.29) is 22.9 Å². The highest BCUT2D eigenvalue weighted by Crippen LogP contribution is 2.63. The van der Waals surface area contributed by atoms with Crippen molar-refractivity contribution in [3.8, 4) is 0 Å². The van der Waals surface area contributed by atoms with Crippen LogP contribution in [0.5, 0.6) is 0 Å². The van der Waals surface area contributed by atoms with Crippen molar-refractivity contribution in [3.05, 3.63) is 11.6 Å². The molecule has 4 rings (SSSR count). The summed E-state index contributed by atoms with van der Waals surface area (Å²) in [6.45, 7) is 4.48. The van der Waals surface area contributed by atoms with Crippen LogP contribution < -0.4 is 0 Å². The number of rotatable bonds is 0. The molecular weight excluding hydrogens is 276 g/mol. The molecular formula is C19H28O3. The van der Waals surface area contributed by atoms with Crippen LogP contribution in [0.4, 0.5) is 0 Å². The van der Waals surface area contributed by atoms with E-state index in [0.717, 1.165) is 38.5 Å². The lowest BCUT2D eigenvalue weighted by atomic mass is 9.47. The fourth-order valence-electron chi connectivity index (χ4n) is 6.40. The minimum atomic E-state index is -0.436. The van der Waals surface area contributed by atoms with Gasteiger partial charge in [0.05, 0.1) is 12.2 Å². The van der Waals surface area contributed by atoms with Crippen LogP contribution in [0, 0.1) is 28.6 Å². The fraction of sp³-hybridized carbons (Fsp3) is 0.842. The molecule has 0 saturated heterocycles. The molecule has 0 bridgehead atoms. The van der Waals surface area contributed by atoms with Gasteiger partial charge in [-0.15, -0.1) is 0 Å². The minimum Gasteiger partial charge on any atom is -0.393 e. The highest BCUT2D eigenvalue weighted by atomic mass is 16.3. The van der Waals surface area contributed by atoms with E-state index in [2.05, 4.69) is 13.8 Å². The summed E-state index contributed by atoms with van der Waals surface area (Å²) in [5.74, 6) is 1.46. The summed E-state index contributed by atoms with van der Waals surface area (Å²) in [5, 5.41) is 20.8. The van der Waals surface area contributed by atoms with Crippen LogP contribution in [0.15, 0.2) is 11.6 Å². The van der Waals surface area contributed by atoms with E-state index in [1.165, 1.54) is 5.57 Å². The molecule has 4 aliphatic carbocycles. The van der Waals surface area contributed by atoms with E-state index < -0.39 is 6.10 Å². The largest absolute Gasteiger partial charge is 0.393 e. The van der Waals surface area contributed by atoms with E-state index >= 15 is 0 Å². The van der Waals surface area contributed by atoms with Crippen molar-refractivity contribution < 1.29 is 15.0 Å². The van der Waals surface area contributed by atoms with Gasteiger partial charge < -0.3 is 10.2 Å². The highest BCUT2D eigenvalue weighted by Gasteiger charge is 2.60. The number of fused-ring (bicyclic) bond motifs is 5. The lowest BCUT2D eigenvalue weighted by Gasteiger charge is -2.58. The molecule has 1 unspecified atom stereocenters. The van der Waals surface area contributed by atoms with E-state index in [9.17, 15) is 15.0 Å². The zero-order chi connectivity index (χ0) is 15.7. The van der Waals surface area contributed by atoms with E-state index in [1.807, 2.05) is 6.08 Å². The number of carbonyl (C=O) groups is 1. The molecule has 0 aromatic rings. The van der Waals surface area contributed by atoms with Gasteiger partial charge >= 0.3 is 0 Å². The summed E-state index contributed by atoms with van der Waals surface area (Å²) in [4.78, 5) is 12.4. The van der Waals surface area contributed by atoms with Crippen LogP contribution in [0.25, 0.3) is 0 Å². The monoisotopic (exact) mass is 304 g/mol. The third kappa shape index (κ3) is 1.78. The van der Waals surface area contributed by atoms with Gasteiger partial charge in [-0.1, -0.05) is 25.5 Å². The lowest BCUT2D eigenvalue weighted by Crippen LogP contribution is -2.54. The maximum atomic E-state index is 12.4. The van der Waals surface area contributed by atoms with Crippen LogP contribution in [0.2, 0.25) is 0 Å². The molecule has 7 atom stereocenters. The summed E-state index contributed by atoms with van der Waals surface area (Å²) in [6, 6.07) is 0. The lowest BCUT2D eigenvalue weighted by molar-refractivity contribution is -0.135. The van der Waals surface area contributed by atoms with Crippen molar-refractivity contribution in [2.45, 2.75) is 71.0 Å². The molecule has 22 heavy (non-hydrogen) atoms. The van der Waals surface area contributed by atoms with Gasteiger partial charge in [0.2, 0.25) is 0 Å². The van der Waals surface area contributed by atoms with Crippen molar-refractivity contribution in [2.24, 2.45) is 28.6 Å². The van der Waals surface area contributed by atoms with Crippen LogP contribution in [-0.4, -0.2) is 28.2 Å². The average Bonchev–Trinajstić information content (AvgIpc) is 2.77. The molecule has 3 nitrogen and oxygen atoms in total. The number of Topliss-reactive ketones (excluding diaryl/α,β-unsaturated/α-hetero) is 1. The molecule has 0 aromatic heterocycles. The molecule has 4 aliphatic rings. The normalized spacial score (nSPS) is 54.3.